The van der Waals surface area contributed by atoms with Crippen molar-refractivity contribution < 1.29 is 10.0 Å². The smallest absolute Gasteiger partial charge is 0.276 e. The van der Waals surface area contributed by atoms with Crippen LogP contribution in [0.1, 0.15) is 20.3 Å². The molecule has 0 aliphatic rings. The number of aliphatic hydroxyl groups is 1. The number of nitrogens with zero attached hydrogens (tertiary/aromatic N) is 2. The summed E-state index contributed by atoms with van der Waals surface area (Å²) in [6.07, 6.45) is 2.81. The van der Waals surface area contributed by atoms with Crippen molar-refractivity contribution in [3.8, 4) is 0 Å². The number of pyridine rings is 1. The van der Waals surface area contributed by atoms with E-state index in [0.717, 1.165) is 6.42 Å². The third-order valence-electron chi connectivity index (χ3n) is 2.68. The topological polar surface area (TPSA) is 100 Å². The molecule has 3 N–H and O–H groups in total. The largest absolute Gasteiger partial charge is 0.387 e. The lowest BCUT2D eigenvalue weighted by atomic mass is 10.1. The van der Waals surface area contributed by atoms with Crippen LogP contribution in [-0.2, 0) is 0 Å². The minimum Gasteiger partial charge on any atom is -0.387 e. The van der Waals surface area contributed by atoms with Gasteiger partial charge < -0.3 is 15.7 Å². The molecule has 0 amide bonds. The van der Waals surface area contributed by atoms with E-state index in [0.29, 0.717) is 23.9 Å². The molecule has 1 heterocycles. The zero-order valence-corrected chi connectivity index (χ0v) is 13.4. The fourth-order valence-electron chi connectivity index (χ4n) is 1.70. The molecule has 8 heteroatoms. The minimum absolute atomic E-state index is 0.0318. The summed E-state index contributed by atoms with van der Waals surface area (Å²) in [5, 5.41) is 27.0. The number of thioether (sulfide) groups is 1. The van der Waals surface area contributed by atoms with Crippen LogP contribution in [0.5, 0.6) is 0 Å². The first-order valence-electron chi connectivity index (χ1n) is 6.73. The lowest BCUT2D eigenvalue weighted by molar-refractivity contribution is -0.384. The second-order valence-corrected chi connectivity index (χ2v) is 5.93. The van der Waals surface area contributed by atoms with Crippen molar-refractivity contribution in [1.29, 1.82) is 0 Å². The fourth-order valence-corrected chi connectivity index (χ4v) is 2.42. The average Bonchev–Trinajstić information content (AvgIpc) is 2.43. The Morgan fingerprint density at radius 3 is 2.57 bits per heavy atom. The Bertz CT molecular complexity index is 482. The normalized spacial score (nSPS) is 13.5. The van der Waals surface area contributed by atoms with Gasteiger partial charge in [-0.1, -0.05) is 6.92 Å². The molecule has 0 fully saturated rings. The lowest BCUT2D eigenvalue weighted by Crippen LogP contribution is -2.36. The Morgan fingerprint density at radius 1 is 1.43 bits per heavy atom. The second kappa shape index (κ2) is 8.04. The molecule has 0 aromatic carbocycles. The first-order valence-corrected chi connectivity index (χ1v) is 8.13. The van der Waals surface area contributed by atoms with Gasteiger partial charge in [0.05, 0.1) is 22.7 Å². The van der Waals surface area contributed by atoms with Crippen LogP contribution in [0.3, 0.4) is 0 Å². The predicted molar refractivity (Wildman–Crippen MR) is 87.2 cm³/mol. The van der Waals surface area contributed by atoms with Gasteiger partial charge >= 0.3 is 0 Å². The summed E-state index contributed by atoms with van der Waals surface area (Å²) >= 11 is 1.54. The fraction of sp³-hybridized carbons (Fsp3) is 0.615. The van der Waals surface area contributed by atoms with Crippen LogP contribution in [0.4, 0.5) is 17.3 Å². The number of nitro groups is 1. The van der Waals surface area contributed by atoms with Gasteiger partial charge in [0.2, 0.25) is 0 Å². The molecule has 21 heavy (non-hydrogen) atoms. The van der Waals surface area contributed by atoms with E-state index in [1.165, 1.54) is 23.9 Å². The van der Waals surface area contributed by atoms with Gasteiger partial charge in [0, 0.05) is 18.8 Å². The highest BCUT2D eigenvalue weighted by Gasteiger charge is 2.20. The molecule has 0 saturated heterocycles. The zero-order chi connectivity index (χ0) is 15.9. The summed E-state index contributed by atoms with van der Waals surface area (Å²) in [4.78, 5) is 14.8. The Balaban J connectivity index is 2.84. The lowest BCUT2D eigenvalue weighted by Gasteiger charge is -2.22. The Labute approximate surface area is 128 Å². The molecule has 0 spiro atoms. The molecule has 7 nitrogen and oxygen atoms in total. The molecule has 0 bridgehead atoms. The maximum absolute atomic E-state index is 11.0. The van der Waals surface area contributed by atoms with Crippen LogP contribution in [0, 0.1) is 10.1 Å². The summed E-state index contributed by atoms with van der Waals surface area (Å²) in [6.45, 7) is 4.68. The molecule has 1 rings (SSSR count). The Kier molecular flexibility index (Phi) is 6.70. The quantitative estimate of drug-likeness (QED) is 0.475. The maximum Gasteiger partial charge on any atom is 0.276 e. The molecule has 1 aromatic rings. The Morgan fingerprint density at radius 2 is 2.05 bits per heavy atom. The number of anilines is 2. The molecule has 0 radical (unpaired) electrons. The van der Waals surface area contributed by atoms with Crippen molar-refractivity contribution >= 4 is 29.1 Å². The molecule has 0 aliphatic heterocycles. The van der Waals surface area contributed by atoms with E-state index in [1.807, 2.05) is 13.2 Å². The highest BCUT2D eigenvalue weighted by Crippen LogP contribution is 2.21. The summed E-state index contributed by atoms with van der Waals surface area (Å²) < 4.78 is 0. The SMILES string of the molecule is CCCNc1cc([N+](=O)[O-])cc(NCC(C)(O)CSC)n1. The van der Waals surface area contributed by atoms with E-state index >= 15 is 0 Å². The molecular weight excluding hydrogens is 292 g/mol. The van der Waals surface area contributed by atoms with Gasteiger partial charge in [0.25, 0.3) is 5.69 Å². The maximum atomic E-state index is 11.0. The molecule has 118 valence electrons. The second-order valence-electron chi connectivity index (χ2n) is 5.06. The summed E-state index contributed by atoms with van der Waals surface area (Å²) in [7, 11) is 0. The van der Waals surface area contributed by atoms with Gasteiger partial charge in [-0.15, -0.1) is 0 Å². The van der Waals surface area contributed by atoms with Crippen LogP contribution in [0.25, 0.3) is 0 Å². The number of rotatable bonds is 9. The van der Waals surface area contributed by atoms with Gasteiger partial charge in [-0.2, -0.15) is 11.8 Å². The summed E-state index contributed by atoms with van der Waals surface area (Å²) in [5.41, 5.74) is -0.932. The molecule has 1 unspecified atom stereocenters. The van der Waals surface area contributed by atoms with E-state index in [1.54, 1.807) is 6.92 Å². The van der Waals surface area contributed by atoms with Gasteiger partial charge in [0.15, 0.2) is 0 Å². The molecule has 0 saturated carbocycles. The number of aromatic nitrogens is 1. The van der Waals surface area contributed by atoms with Gasteiger partial charge in [-0.3, -0.25) is 10.1 Å². The minimum atomic E-state index is -0.900. The van der Waals surface area contributed by atoms with Crippen molar-refractivity contribution in [2.45, 2.75) is 25.9 Å². The van der Waals surface area contributed by atoms with Gasteiger partial charge in [-0.05, 0) is 19.6 Å². The van der Waals surface area contributed by atoms with E-state index in [4.69, 9.17) is 0 Å². The predicted octanol–water partition coefficient (Wildman–Crippen LogP) is 2.34. The van der Waals surface area contributed by atoms with Crippen LogP contribution in [0.2, 0.25) is 0 Å². The number of hydrogen-bond acceptors (Lipinski definition) is 7. The number of nitrogens with one attached hydrogen (secondary N) is 2. The standard InChI is InChI=1S/C13H22N4O3S/c1-4-5-14-11-6-10(17(19)20)7-12(16-11)15-8-13(2,18)9-21-3/h6-7,18H,4-5,8-9H2,1-3H3,(H2,14,15,16). The van der Waals surface area contributed by atoms with Crippen LogP contribution in [0.15, 0.2) is 12.1 Å². The first-order chi connectivity index (χ1) is 9.88. The zero-order valence-electron chi connectivity index (χ0n) is 12.5. The van der Waals surface area contributed by atoms with Crippen molar-refractivity contribution in [3.63, 3.8) is 0 Å². The van der Waals surface area contributed by atoms with Crippen molar-refractivity contribution in [2.24, 2.45) is 0 Å². The summed E-state index contributed by atoms with van der Waals surface area (Å²) in [6, 6.07) is 2.77. The Hall–Kier alpha value is -1.54. The molecule has 1 atom stereocenters. The average molecular weight is 314 g/mol. The third-order valence-corrected chi connectivity index (χ3v) is 3.59. The molecular formula is C13H22N4O3S. The van der Waals surface area contributed by atoms with Gasteiger partial charge in [-0.25, -0.2) is 4.98 Å². The van der Waals surface area contributed by atoms with E-state index < -0.39 is 10.5 Å². The highest BCUT2D eigenvalue weighted by atomic mass is 32.2. The highest BCUT2D eigenvalue weighted by molar-refractivity contribution is 7.98. The van der Waals surface area contributed by atoms with Crippen molar-refractivity contribution in [2.75, 3.05) is 35.7 Å². The van der Waals surface area contributed by atoms with E-state index in [9.17, 15) is 15.2 Å². The van der Waals surface area contributed by atoms with Crippen LogP contribution in [-0.4, -0.2) is 45.7 Å². The molecule has 0 aliphatic carbocycles. The van der Waals surface area contributed by atoms with E-state index in [-0.39, 0.29) is 12.2 Å². The van der Waals surface area contributed by atoms with Crippen molar-refractivity contribution in [3.05, 3.63) is 22.2 Å². The van der Waals surface area contributed by atoms with Crippen LogP contribution < -0.4 is 10.6 Å². The van der Waals surface area contributed by atoms with E-state index in [2.05, 4.69) is 15.6 Å². The third kappa shape index (κ3) is 6.17. The van der Waals surface area contributed by atoms with Crippen molar-refractivity contribution in [1.82, 2.24) is 4.98 Å². The van der Waals surface area contributed by atoms with Crippen LogP contribution >= 0.6 is 11.8 Å². The first kappa shape index (κ1) is 17.5. The van der Waals surface area contributed by atoms with Gasteiger partial charge in [0.1, 0.15) is 11.6 Å². The summed E-state index contributed by atoms with van der Waals surface area (Å²) in [5.74, 6) is 1.40. The monoisotopic (exact) mass is 314 g/mol. The number of hydrogen-bond donors (Lipinski definition) is 3. The molecule has 1 aromatic heterocycles.